The second kappa shape index (κ2) is 5.58. The van der Waals surface area contributed by atoms with Gasteiger partial charge in [0, 0.05) is 6.42 Å². The number of rotatable bonds is 4. The van der Waals surface area contributed by atoms with E-state index in [1.54, 1.807) is 20.8 Å². The van der Waals surface area contributed by atoms with E-state index >= 15 is 0 Å². The number of terminal acetylenes is 1. The first-order valence-corrected chi connectivity index (χ1v) is 5.29. The molecule has 1 amide bonds. The molecule has 0 saturated heterocycles. The number of aliphatic carboxylic acids is 1. The number of hydrogen-bond donors (Lipinski definition) is 2. The molecule has 0 saturated carbocycles. The van der Waals surface area contributed by atoms with Gasteiger partial charge in [-0.1, -0.05) is 0 Å². The Hall–Kier alpha value is -1.70. The molecule has 0 radical (unpaired) electrons. The van der Waals surface area contributed by atoms with Crippen LogP contribution in [-0.4, -0.2) is 28.3 Å². The lowest BCUT2D eigenvalue weighted by Crippen LogP contribution is -2.53. The fraction of sp³-hybridized carbons (Fsp3) is 0.667. The lowest BCUT2D eigenvalue weighted by molar-refractivity contribution is -0.144. The molecule has 17 heavy (non-hydrogen) atoms. The molecule has 5 nitrogen and oxygen atoms in total. The molecule has 0 aromatic carbocycles. The van der Waals surface area contributed by atoms with Gasteiger partial charge in [-0.2, -0.15) is 0 Å². The van der Waals surface area contributed by atoms with Gasteiger partial charge in [0.25, 0.3) is 0 Å². The van der Waals surface area contributed by atoms with Crippen LogP contribution in [0.2, 0.25) is 0 Å². The highest BCUT2D eigenvalue weighted by Gasteiger charge is 2.35. The van der Waals surface area contributed by atoms with E-state index in [0.29, 0.717) is 0 Å². The van der Waals surface area contributed by atoms with Crippen molar-refractivity contribution in [3.8, 4) is 12.3 Å². The van der Waals surface area contributed by atoms with E-state index in [-0.39, 0.29) is 12.8 Å². The van der Waals surface area contributed by atoms with Crippen LogP contribution in [0.3, 0.4) is 0 Å². The van der Waals surface area contributed by atoms with Crippen molar-refractivity contribution in [2.75, 3.05) is 0 Å². The van der Waals surface area contributed by atoms with Crippen LogP contribution < -0.4 is 5.32 Å². The van der Waals surface area contributed by atoms with Gasteiger partial charge < -0.3 is 15.2 Å². The van der Waals surface area contributed by atoms with E-state index in [1.807, 2.05) is 0 Å². The molecule has 96 valence electrons. The highest BCUT2D eigenvalue weighted by Crippen LogP contribution is 2.14. The second-order valence-corrected chi connectivity index (χ2v) is 4.97. The van der Waals surface area contributed by atoms with Gasteiger partial charge in [-0.3, -0.25) is 0 Å². The molecular weight excluding hydrogens is 222 g/mol. The van der Waals surface area contributed by atoms with E-state index in [9.17, 15) is 9.59 Å². The Morgan fingerprint density at radius 3 is 2.24 bits per heavy atom. The maximum atomic E-state index is 11.5. The summed E-state index contributed by atoms with van der Waals surface area (Å²) in [5.74, 6) is 1.20. The third kappa shape index (κ3) is 5.81. The SMILES string of the molecule is C#CCCC(C)(NC(=O)OC(C)(C)C)C(=O)O. The second-order valence-electron chi connectivity index (χ2n) is 4.97. The summed E-state index contributed by atoms with van der Waals surface area (Å²) in [6, 6.07) is 0. The summed E-state index contributed by atoms with van der Waals surface area (Å²) in [4.78, 5) is 22.6. The zero-order chi connectivity index (χ0) is 13.7. The summed E-state index contributed by atoms with van der Waals surface area (Å²) in [6.07, 6.45) is 4.73. The molecule has 0 aliphatic carbocycles. The molecular formula is C12H19NO4. The van der Waals surface area contributed by atoms with Crippen LogP contribution in [0, 0.1) is 12.3 Å². The molecule has 0 aromatic heterocycles. The maximum absolute atomic E-state index is 11.5. The largest absolute Gasteiger partial charge is 0.480 e. The van der Waals surface area contributed by atoms with Crippen LogP contribution in [0.1, 0.15) is 40.5 Å². The predicted octanol–water partition coefficient (Wildman–Crippen LogP) is 1.77. The zero-order valence-electron chi connectivity index (χ0n) is 10.7. The van der Waals surface area contributed by atoms with Crippen molar-refractivity contribution in [1.82, 2.24) is 5.32 Å². The Kier molecular flexibility index (Phi) is 5.02. The minimum Gasteiger partial charge on any atom is -0.480 e. The Morgan fingerprint density at radius 1 is 1.35 bits per heavy atom. The molecule has 0 aromatic rings. The van der Waals surface area contributed by atoms with Crippen molar-refractivity contribution in [2.45, 2.75) is 51.7 Å². The van der Waals surface area contributed by atoms with Gasteiger partial charge in [-0.05, 0) is 34.1 Å². The topological polar surface area (TPSA) is 75.6 Å². The summed E-state index contributed by atoms with van der Waals surface area (Å²) in [5, 5.41) is 11.4. The molecule has 0 bridgehead atoms. The van der Waals surface area contributed by atoms with Crippen molar-refractivity contribution in [1.29, 1.82) is 0 Å². The summed E-state index contributed by atoms with van der Waals surface area (Å²) in [7, 11) is 0. The number of carbonyl (C=O) groups excluding carboxylic acids is 1. The molecule has 0 spiro atoms. The quantitative estimate of drug-likeness (QED) is 0.735. The smallest absolute Gasteiger partial charge is 0.408 e. The number of carboxylic acid groups (broad SMARTS) is 1. The average Bonchev–Trinajstić information content (AvgIpc) is 2.11. The number of nitrogens with one attached hydrogen (secondary N) is 1. The lowest BCUT2D eigenvalue weighted by Gasteiger charge is -2.27. The molecule has 1 unspecified atom stereocenters. The first-order valence-electron chi connectivity index (χ1n) is 5.29. The number of alkyl carbamates (subject to hydrolysis) is 1. The van der Waals surface area contributed by atoms with Gasteiger partial charge in [0.1, 0.15) is 11.1 Å². The summed E-state index contributed by atoms with van der Waals surface area (Å²) < 4.78 is 5.00. The molecule has 0 aliphatic heterocycles. The third-order valence-electron chi connectivity index (χ3n) is 2.02. The minimum absolute atomic E-state index is 0.151. The number of ether oxygens (including phenoxy) is 1. The Labute approximate surface area is 102 Å². The molecule has 1 atom stereocenters. The van der Waals surface area contributed by atoms with Crippen LogP contribution >= 0.6 is 0 Å². The number of amides is 1. The molecule has 0 aliphatic rings. The molecule has 2 N–H and O–H groups in total. The van der Waals surface area contributed by atoms with Crippen LogP contribution in [-0.2, 0) is 9.53 Å². The Bertz CT molecular complexity index is 337. The van der Waals surface area contributed by atoms with Gasteiger partial charge in [-0.25, -0.2) is 9.59 Å². The normalized spacial score (nSPS) is 14.3. The van der Waals surface area contributed by atoms with E-state index in [0.717, 1.165) is 0 Å². The lowest BCUT2D eigenvalue weighted by atomic mass is 9.96. The van der Waals surface area contributed by atoms with Crippen molar-refractivity contribution in [2.24, 2.45) is 0 Å². The fourth-order valence-corrected chi connectivity index (χ4v) is 1.07. The van der Waals surface area contributed by atoms with Gasteiger partial charge in [0.2, 0.25) is 0 Å². The van der Waals surface area contributed by atoms with Crippen molar-refractivity contribution < 1.29 is 19.4 Å². The highest BCUT2D eigenvalue weighted by atomic mass is 16.6. The summed E-state index contributed by atoms with van der Waals surface area (Å²) in [6.45, 7) is 6.50. The Balaban J connectivity index is 4.61. The summed E-state index contributed by atoms with van der Waals surface area (Å²) >= 11 is 0. The number of carboxylic acids is 1. The molecule has 0 heterocycles. The predicted molar refractivity (Wildman–Crippen MR) is 63.5 cm³/mol. The van der Waals surface area contributed by atoms with Crippen LogP contribution in [0.4, 0.5) is 4.79 Å². The monoisotopic (exact) mass is 241 g/mol. The number of hydrogen-bond acceptors (Lipinski definition) is 3. The van der Waals surface area contributed by atoms with Crippen LogP contribution in [0.25, 0.3) is 0 Å². The van der Waals surface area contributed by atoms with Gasteiger partial charge in [0.05, 0.1) is 0 Å². The first-order chi connectivity index (χ1) is 7.60. The highest BCUT2D eigenvalue weighted by molar-refractivity contribution is 5.84. The van der Waals surface area contributed by atoms with E-state index in [4.69, 9.17) is 16.3 Å². The van der Waals surface area contributed by atoms with Gasteiger partial charge in [0.15, 0.2) is 0 Å². The summed E-state index contributed by atoms with van der Waals surface area (Å²) in [5.41, 5.74) is -2.08. The zero-order valence-corrected chi connectivity index (χ0v) is 10.7. The number of carbonyl (C=O) groups is 2. The molecule has 0 fully saturated rings. The standard InChI is InChI=1S/C12H19NO4/c1-6-7-8-12(5,9(14)15)13-10(16)17-11(2,3)4/h1H,7-8H2,2-5H3,(H,13,16)(H,14,15). The first kappa shape index (κ1) is 15.3. The van der Waals surface area contributed by atoms with Crippen molar-refractivity contribution in [3.05, 3.63) is 0 Å². The van der Waals surface area contributed by atoms with Crippen LogP contribution in [0.5, 0.6) is 0 Å². The van der Waals surface area contributed by atoms with Gasteiger partial charge in [-0.15, -0.1) is 12.3 Å². The van der Waals surface area contributed by atoms with E-state index in [1.165, 1.54) is 6.92 Å². The average molecular weight is 241 g/mol. The van der Waals surface area contributed by atoms with E-state index in [2.05, 4.69) is 11.2 Å². The van der Waals surface area contributed by atoms with Crippen molar-refractivity contribution in [3.63, 3.8) is 0 Å². The molecule has 5 heteroatoms. The minimum atomic E-state index is -1.41. The third-order valence-corrected chi connectivity index (χ3v) is 2.02. The maximum Gasteiger partial charge on any atom is 0.408 e. The Morgan fingerprint density at radius 2 is 1.88 bits per heavy atom. The molecule has 0 rings (SSSR count). The fourth-order valence-electron chi connectivity index (χ4n) is 1.07. The van der Waals surface area contributed by atoms with Crippen LogP contribution in [0.15, 0.2) is 0 Å². The van der Waals surface area contributed by atoms with Crippen molar-refractivity contribution >= 4 is 12.1 Å². The van der Waals surface area contributed by atoms with E-state index < -0.39 is 23.2 Å². The van der Waals surface area contributed by atoms with Gasteiger partial charge >= 0.3 is 12.1 Å².